The molecular weight excluding hydrogens is 294 g/mol. The highest BCUT2D eigenvalue weighted by Crippen LogP contribution is 2.19. The highest BCUT2D eigenvalue weighted by Gasteiger charge is 2.10. The van der Waals surface area contributed by atoms with Gasteiger partial charge in [0.25, 0.3) is 0 Å². The van der Waals surface area contributed by atoms with Crippen LogP contribution in [-0.4, -0.2) is 5.97 Å². The maximum Gasteiger partial charge on any atom is 0.343 e. The van der Waals surface area contributed by atoms with Crippen LogP contribution in [0, 0.1) is 11.3 Å². The largest absolute Gasteiger partial charge is 0.423 e. The van der Waals surface area contributed by atoms with Crippen LogP contribution in [0.5, 0.6) is 5.75 Å². The summed E-state index contributed by atoms with van der Waals surface area (Å²) in [6, 6.07) is 15.6. The van der Waals surface area contributed by atoms with Gasteiger partial charge in [0.05, 0.1) is 11.1 Å². The summed E-state index contributed by atoms with van der Waals surface area (Å²) in [6.45, 7) is 0. The summed E-state index contributed by atoms with van der Waals surface area (Å²) in [7, 11) is 0. The number of carbonyl (C=O) groups is 1. The summed E-state index contributed by atoms with van der Waals surface area (Å²) < 4.78 is 5.83. The first-order chi connectivity index (χ1) is 8.70. The summed E-state index contributed by atoms with van der Waals surface area (Å²) in [5.74, 6) is -0.00544. The standard InChI is InChI=1S/C14H8BrNO2/c15-13-7-6-10(8-11(13)9-16)14(17)18-12-4-2-1-3-5-12/h1-8H. The summed E-state index contributed by atoms with van der Waals surface area (Å²) in [4.78, 5) is 11.8. The van der Waals surface area contributed by atoms with Gasteiger partial charge in [-0.3, -0.25) is 0 Å². The van der Waals surface area contributed by atoms with Gasteiger partial charge < -0.3 is 4.74 Å². The molecule has 0 atom stereocenters. The molecular formula is C14H8BrNO2. The zero-order valence-corrected chi connectivity index (χ0v) is 10.8. The van der Waals surface area contributed by atoms with E-state index < -0.39 is 5.97 Å². The molecule has 18 heavy (non-hydrogen) atoms. The fourth-order valence-corrected chi connectivity index (χ4v) is 1.73. The first-order valence-electron chi connectivity index (χ1n) is 5.17. The number of nitriles is 1. The summed E-state index contributed by atoms with van der Waals surface area (Å²) in [5, 5.41) is 8.88. The van der Waals surface area contributed by atoms with E-state index in [1.54, 1.807) is 36.4 Å². The number of hydrogen-bond acceptors (Lipinski definition) is 3. The zero-order chi connectivity index (χ0) is 13.0. The number of halogens is 1. The van der Waals surface area contributed by atoms with E-state index >= 15 is 0 Å². The molecule has 0 saturated carbocycles. The number of hydrogen-bond donors (Lipinski definition) is 0. The van der Waals surface area contributed by atoms with E-state index in [1.165, 1.54) is 6.07 Å². The second kappa shape index (κ2) is 5.48. The lowest BCUT2D eigenvalue weighted by Gasteiger charge is -2.04. The summed E-state index contributed by atoms with van der Waals surface area (Å²) >= 11 is 3.23. The van der Waals surface area contributed by atoms with Crippen LogP contribution < -0.4 is 4.74 Å². The predicted octanol–water partition coefficient (Wildman–Crippen LogP) is 3.54. The molecule has 3 nitrogen and oxygen atoms in total. The van der Waals surface area contributed by atoms with Crippen molar-refractivity contribution in [3.8, 4) is 11.8 Å². The van der Waals surface area contributed by atoms with Crippen LogP contribution in [0.2, 0.25) is 0 Å². The molecule has 0 amide bonds. The summed E-state index contributed by atoms with van der Waals surface area (Å²) in [5.41, 5.74) is 0.746. The molecule has 2 aromatic rings. The third-order valence-electron chi connectivity index (χ3n) is 2.28. The lowest BCUT2D eigenvalue weighted by atomic mass is 10.1. The molecule has 88 valence electrons. The Morgan fingerprint density at radius 1 is 1.17 bits per heavy atom. The Hall–Kier alpha value is -2.12. The normalized spacial score (nSPS) is 9.56. The van der Waals surface area contributed by atoms with Crippen LogP contribution in [0.25, 0.3) is 0 Å². The van der Waals surface area contributed by atoms with Gasteiger partial charge in [0.15, 0.2) is 0 Å². The Labute approximate surface area is 113 Å². The Bertz CT molecular complexity index is 617. The van der Waals surface area contributed by atoms with Crippen molar-refractivity contribution in [1.82, 2.24) is 0 Å². The smallest absolute Gasteiger partial charge is 0.343 e. The minimum Gasteiger partial charge on any atom is -0.423 e. The third kappa shape index (κ3) is 2.76. The quantitative estimate of drug-likeness (QED) is 0.630. The van der Waals surface area contributed by atoms with Gasteiger partial charge in [-0.05, 0) is 46.3 Å². The molecule has 0 aliphatic rings. The fraction of sp³-hybridized carbons (Fsp3) is 0. The maximum atomic E-state index is 11.8. The molecule has 2 rings (SSSR count). The summed E-state index contributed by atoms with van der Waals surface area (Å²) in [6.07, 6.45) is 0. The molecule has 0 heterocycles. The Kier molecular flexibility index (Phi) is 3.75. The zero-order valence-electron chi connectivity index (χ0n) is 9.26. The molecule has 4 heteroatoms. The van der Waals surface area contributed by atoms with Crippen molar-refractivity contribution in [2.75, 3.05) is 0 Å². The van der Waals surface area contributed by atoms with Crippen LogP contribution in [0.1, 0.15) is 15.9 Å². The van der Waals surface area contributed by atoms with Crippen molar-refractivity contribution >= 4 is 21.9 Å². The number of esters is 1. The van der Waals surface area contributed by atoms with Crippen molar-refractivity contribution in [3.05, 3.63) is 64.1 Å². The SMILES string of the molecule is N#Cc1cc(C(=O)Oc2ccccc2)ccc1Br. The maximum absolute atomic E-state index is 11.8. The van der Waals surface area contributed by atoms with E-state index in [0.29, 0.717) is 21.3 Å². The van der Waals surface area contributed by atoms with Gasteiger partial charge in [-0.2, -0.15) is 5.26 Å². The van der Waals surface area contributed by atoms with Gasteiger partial charge >= 0.3 is 5.97 Å². The molecule has 0 spiro atoms. The molecule has 0 saturated heterocycles. The molecule has 0 N–H and O–H groups in total. The number of ether oxygens (including phenoxy) is 1. The highest BCUT2D eigenvalue weighted by molar-refractivity contribution is 9.10. The minimum atomic E-state index is -0.481. The van der Waals surface area contributed by atoms with E-state index in [2.05, 4.69) is 15.9 Å². The van der Waals surface area contributed by atoms with Crippen molar-refractivity contribution in [3.63, 3.8) is 0 Å². The molecule has 0 aliphatic carbocycles. The molecule has 0 fully saturated rings. The van der Waals surface area contributed by atoms with Crippen molar-refractivity contribution in [2.45, 2.75) is 0 Å². The highest BCUT2D eigenvalue weighted by atomic mass is 79.9. The van der Waals surface area contributed by atoms with E-state index in [-0.39, 0.29) is 0 Å². The third-order valence-corrected chi connectivity index (χ3v) is 2.97. The van der Waals surface area contributed by atoms with Gasteiger partial charge in [-0.25, -0.2) is 4.79 Å². The molecule has 0 radical (unpaired) electrons. The Balaban J connectivity index is 2.22. The lowest BCUT2D eigenvalue weighted by Crippen LogP contribution is -2.08. The number of nitrogens with zero attached hydrogens (tertiary/aromatic N) is 1. The van der Waals surface area contributed by atoms with Crippen LogP contribution in [0.4, 0.5) is 0 Å². The van der Waals surface area contributed by atoms with Gasteiger partial charge in [-0.15, -0.1) is 0 Å². The van der Waals surface area contributed by atoms with Crippen LogP contribution in [0.3, 0.4) is 0 Å². The lowest BCUT2D eigenvalue weighted by molar-refractivity contribution is 0.0734. The van der Waals surface area contributed by atoms with E-state index in [9.17, 15) is 4.79 Å². The number of rotatable bonds is 2. The van der Waals surface area contributed by atoms with Gasteiger partial charge in [0.2, 0.25) is 0 Å². The molecule has 0 unspecified atom stereocenters. The number of para-hydroxylation sites is 1. The monoisotopic (exact) mass is 301 g/mol. The first kappa shape index (κ1) is 12.3. The van der Waals surface area contributed by atoms with Crippen molar-refractivity contribution < 1.29 is 9.53 Å². The molecule has 0 aliphatic heterocycles. The van der Waals surface area contributed by atoms with Crippen LogP contribution >= 0.6 is 15.9 Å². The van der Waals surface area contributed by atoms with Crippen molar-refractivity contribution in [2.24, 2.45) is 0 Å². The molecule has 0 bridgehead atoms. The van der Waals surface area contributed by atoms with Crippen LogP contribution in [-0.2, 0) is 0 Å². The second-order valence-electron chi connectivity index (χ2n) is 3.51. The number of carbonyl (C=O) groups excluding carboxylic acids is 1. The fourth-order valence-electron chi connectivity index (χ4n) is 1.39. The predicted molar refractivity (Wildman–Crippen MR) is 70.3 cm³/mol. The van der Waals surface area contributed by atoms with Crippen LogP contribution in [0.15, 0.2) is 53.0 Å². The van der Waals surface area contributed by atoms with E-state index in [1.807, 2.05) is 12.1 Å². The number of benzene rings is 2. The topological polar surface area (TPSA) is 50.1 Å². The Morgan fingerprint density at radius 3 is 2.56 bits per heavy atom. The molecule has 0 aromatic heterocycles. The van der Waals surface area contributed by atoms with E-state index in [4.69, 9.17) is 10.00 Å². The van der Waals surface area contributed by atoms with Gasteiger partial charge in [-0.1, -0.05) is 18.2 Å². The van der Waals surface area contributed by atoms with Gasteiger partial charge in [0, 0.05) is 4.47 Å². The molecule has 2 aromatic carbocycles. The average Bonchev–Trinajstić information content (AvgIpc) is 2.40. The average molecular weight is 302 g/mol. The van der Waals surface area contributed by atoms with Gasteiger partial charge in [0.1, 0.15) is 11.8 Å². The van der Waals surface area contributed by atoms with E-state index in [0.717, 1.165) is 0 Å². The van der Waals surface area contributed by atoms with Crippen molar-refractivity contribution in [1.29, 1.82) is 5.26 Å². The Morgan fingerprint density at radius 2 is 1.89 bits per heavy atom. The first-order valence-corrected chi connectivity index (χ1v) is 5.97. The minimum absolute atomic E-state index is 0.346. The second-order valence-corrected chi connectivity index (χ2v) is 4.36.